The Labute approximate surface area is 187 Å². The second kappa shape index (κ2) is 9.81. The van der Waals surface area contributed by atoms with Crippen LogP contribution in [0.4, 0.5) is 11.4 Å². The molecule has 0 radical (unpaired) electrons. The first-order valence-electron chi connectivity index (χ1n) is 9.58. The molecule has 0 atom stereocenters. The molecular weight excluding hydrogens is 426 g/mol. The highest BCUT2D eigenvalue weighted by atomic mass is 32.2. The number of amides is 1. The van der Waals surface area contributed by atoms with Crippen LogP contribution in [-0.4, -0.2) is 21.4 Å². The molecule has 0 saturated carbocycles. The van der Waals surface area contributed by atoms with Gasteiger partial charge >= 0.3 is 0 Å². The van der Waals surface area contributed by atoms with Crippen LogP contribution in [-0.2, 0) is 14.8 Å². The first kappa shape index (κ1) is 22.6. The number of ether oxygens (including phenoxy) is 1. The van der Waals surface area contributed by atoms with Crippen molar-refractivity contribution >= 4 is 33.4 Å². The minimum atomic E-state index is -3.92. The van der Waals surface area contributed by atoms with Gasteiger partial charge in [-0.05, 0) is 60.5 Å². The third-order valence-electron chi connectivity index (χ3n) is 4.55. The van der Waals surface area contributed by atoms with Crippen LogP contribution in [0, 0.1) is 18.3 Å². The van der Waals surface area contributed by atoms with Gasteiger partial charge in [0, 0.05) is 11.4 Å². The van der Waals surface area contributed by atoms with E-state index >= 15 is 0 Å². The van der Waals surface area contributed by atoms with Gasteiger partial charge in [0.05, 0.1) is 12.0 Å². The minimum Gasteiger partial charge on any atom is -0.497 e. The van der Waals surface area contributed by atoms with Gasteiger partial charge in [0.1, 0.15) is 17.4 Å². The molecule has 2 N–H and O–H groups in total. The van der Waals surface area contributed by atoms with Gasteiger partial charge in [-0.3, -0.25) is 9.52 Å². The number of aryl methyl sites for hydroxylation is 1. The topological polar surface area (TPSA) is 108 Å². The lowest BCUT2D eigenvalue weighted by atomic mass is 10.1. The average molecular weight is 448 g/mol. The molecule has 0 fully saturated rings. The molecule has 1 amide bonds. The Morgan fingerprint density at radius 1 is 1.00 bits per heavy atom. The van der Waals surface area contributed by atoms with Crippen molar-refractivity contribution in [1.29, 1.82) is 5.26 Å². The summed E-state index contributed by atoms with van der Waals surface area (Å²) in [5, 5.41) is 12.0. The van der Waals surface area contributed by atoms with Crippen LogP contribution in [0.2, 0.25) is 0 Å². The molecule has 162 valence electrons. The fourth-order valence-corrected chi connectivity index (χ4v) is 4.23. The fraction of sp³-hybridized carbons (Fsp3) is 0.0833. The maximum atomic E-state index is 12.9. The number of nitrogens with zero attached hydrogens (tertiary/aromatic N) is 1. The van der Waals surface area contributed by atoms with Gasteiger partial charge in [-0.25, -0.2) is 8.42 Å². The van der Waals surface area contributed by atoms with E-state index in [2.05, 4.69) is 10.0 Å². The Morgan fingerprint density at radius 3 is 2.28 bits per heavy atom. The Bertz CT molecular complexity index is 1290. The SMILES string of the molecule is COc1ccc(NS(=O)(=O)c2cc(NC(=O)C(C#N)=Cc3ccccc3)ccc2C)cc1. The molecule has 3 aromatic rings. The average Bonchev–Trinajstić information content (AvgIpc) is 2.79. The Balaban J connectivity index is 1.83. The van der Waals surface area contributed by atoms with E-state index < -0.39 is 15.9 Å². The summed E-state index contributed by atoms with van der Waals surface area (Å²) in [6.45, 7) is 1.66. The van der Waals surface area contributed by atoms with Gasteiger partial charge in [-0.2, -0.15) is 5.26 Å². The van der Waals surface area contributed by atoms with E-state index in [1.54, 1.807) is 67.6 Å². The number of sulfonamides is 1. The van der Waals surface area contributed by atoms with Crippen molar-refractivity contribution in [1.82, 2.24) is 0 Å². The van der Waals surface area contributed by atoms with Crippen molar-refractivity contribution < 1.29 is 17.9 Å². The zero-order chi connectivity index (χ0) is 23.1. The molecule has 0 bridgehead atoms. The van der Waals surface area contributed by atoms with Gasteiger partial charge in [0.25, 0.3) is 15.9 Å². The molecule has 0 saturated heterocycles. The highest BCUT2D eigenvalue weighted by molar-refractivity contribution is 7.92. The molecule has 8 heteroatoms. The van der Waals surface area contributed by atoms with E-state index in [1.165, 1.54) is 19.3 Å². The first-order chi connectivity index (χ1) is 15.3. The Kier molecular flexibility index (Phi) is 6.93. The molecule has 0 aliphatic carbocycles. The molecule has 0 aliphatic rings. The lowest BCUT2D eigenvalue weighted by Gasteiger charge is -2.13. The quantitative estimate of drug-likeness (QED) is 0.413. The fourth-order valence-electron chi connectivity index (χ4n) is 2.90. The summed E-state index contributed by atoms with van der Waals surface area (Å²) in [5.41, 5.74) is 1.74. The molecular formula is C24H21N3O4S. The predicted molar refractivity (Wildman–Crippen MR) is 124 cm³/mol. The number of nitrogens with one attached hydrogen (secondary N) is 2. The van der Waals surface area contributed by atoms with E-state index in [0.29, 0.717) is 22.6 Å². The van der Waals surface area contributed by atoms with Gasteiger partial charge < -0.3 is 10.1 Å². The number of methoxy groups -OCH3 is 1. The molecule has 0 aromatic heterocycles. The van der Waals surface area contributed by atoms with E-state index in [9.17, 15) is 18.5 Å². The summed E-state index contributed by atoms with van der Waals surface area (Å²) >= 11 is 0. The summed E-state index contributed by atoms with van der Waals surface area (Å²) in [7, 11) is -2.40. The number of carbonyl (C=O) groups excluding carboxylic acids is 1. The van der Waals surface area contributed by atoms with E-state index in [0.717, 1.165) is 0 Å². The zero-order valence-electron chi connectivity index (χ0n) is 17.5. The second-order valence-electron chi connectivity index (χ2n) is 6.85. The summed E-state index contributed by atoms with van der Waals surface area (Å²) < 4.78 is 33.4. The second-order valence-corrected chi connectivity index (χ2v) is 8.50. The number of nitriles is 1. The molecule has 32 heavy (non-hydrogen) atoms. The van der Waals surface area contributed by atoms with E-state index in [1.807, 2.05) is 12.1 Å². The molecule has 0 aliphatic heterocycles. The number of carbonyl (C=O) groups is 1. The molecule has 0 heterocycles. The van der Waals surface area contributed by atoms with Crippen LogP contribution < -0.4 is 14.8 Å². The van der Waals surface area contributed by atoms with E-state index in [4.69, 9.17) is 4.74 Å². The summed E-state index contributed by atoms with van der Waals surface area (Å²) in [6, 6.07) is 21.8. The lowest BCUT2D eigenvalue weighted by molar-refractivity contribution is -0.112. The van der Waals surface area contributed by atoms with Crippen molar-refractivity contribution in [3.8, 4) is 11.8 Å². The number of rotatable bonds is 7. The van der Waals surface area contributed by atoms with Gasteiger partial charge in [-0.15, -0.1) is 0 Å². The van der Waals surface area contributed by atoms with Crippen LogP contribution in [0.25, 0.3) is 6.08 Å². The third-order valence-corrected chi connectivity index (χ3v) is 6.08. The Hall–Kier alpha value is -4.09. The van der Waals surface area contributed by atoms with Gasteiger partial charge in [0.2, 0.25) is 0 Å². The highest BCUT2D eigenvalue weighted by Gasteiger charge is 2.19. The van der Waals surface area contributed by atoms with E-state index in [-0.39, 0.29) is 16.2 Å². The zero-order valence-corrected chi connectivity index (χ0v) is 18.3. The maximum absolute atomic E-state index is 12.9. The van der Waals surface area contributed by atoms with Crippen molar-refractivity contribution in [2.45, 2.75) is 11.8 Å². The number of benzene rings is 3. The van der Waals surface area contributed by atoms with Crippen molar-refractivity contribution in [2.24, 2.45) is 0 Å². The minimum absolute atomic E-state index is 0.0108. The number of hydrogen-bond acceptors (Lipinski definition) is 5. The van der Waals surface area contributed by atoms with Gasteiger partial charge in [-0.1, -0.05) is 36.4 Å². The number of anilines is 2. The summed E-state index contributed by atoms with van der Waals surface area (Å²) in [5.74, 6) is -0.0302. The van der Waals surface area contributed by atoms with Crippen LogP contribution >= 0.6 is 0 Å². The first-order valence-corrected chi connectivity index (χ1v) is 11.1. The van der Waals surface area contributed by atoms with Crippen molar-refractivity contribution in [3.63, 3.8) is 0 Å². The maximum Gasteiger partial charge on any atom is 0.266 e. The highest BCUT2D eigenvalue weighted by Crippen LogP contribution is 2.24. The predicted octanol–water partition coefficient (Wildman–Crippen LogP) is 4.35. The molecule has 0 unspecified atom stereocenters. The molecule has 3 rings (SSSR count). The molecule has 3 aromatic carbocycles. The van der Waals surface area contributed by atoms with Crippen molar-refractivity contribution in [3.05, 3.63) is 89.5 Å². The Morgan fingerprint density at radius 2 is 1.66 bits per heavy atom. The summed E-state index contributed by atoms with van der Waals surface area (Å²) in [6.07, 6.45) is 1.46. The van der Waals surface area contributed by atoms with Crippen LogP contribution in [0.15, 0.2) is 83.3 Å². The lowest BCUT2D eigenvalue weighted by Crippen LogP contribution is -2.17. The normalized spacial score (nSPS) is 11.3. The van der Waals surface area contributed by atoms with Gasteiger partial charge in [0.15, 0.2) is 0 Å². The monoisotopic (exact) mass is 447 g/mol. The standard InChI is InChI=1S/C24H21N3O4S/c1-17-8-9-21(26-24(28)19(16-25)14-18-6-4-3-5-7-18)15-23(17)32(29,30)27-20-10-12-22(31-2)13-11-20/h3-15,27H,1-2H3,(H,26,28). The van der Waals surface area contributed by atoms with Crippen LogP contribution in [0.3, 0.4) is 0 Å². The largest absolute Gasteiger partial charge is 0.497 e. The molecule has 7 nitrogen and oxygen atoms in total. The van der Waals surface area contributed by atoms with Crippen LogP contribution in [0.5, 0.6) is 5.75 Å². The van der Waals surface area contributed by atoms with Crippen molar-refractivity contribution in [2.75, 3.05) is 17.1 Å². The molecule has 0 spiro atoms. The number of hydrogen-bond donors (Lipinski definition) is 2. The smallest absolute Gasteiger partial charge is 0.266 e. The van der Waals surface area contributed by atoms with Crippen LogP contribution in [0.1, 0.15) is 11.1 Å². The summed E-state index contributed by atoms with van der Waals surface area (Å²) in [4.78, 5) is 12.6. The third kappa shape index (κ3) is 5.53.